The second-order valence-electron chi connectivity index (χ2n) is 8.52. The monoisotopic (exact) mass is 504 g/mol. The van der Waals surface area contributed by atoms with Gasteiger partial charge in [-0.15, -0.1) is 20.4 Å². The predicted octanol–water partition coefficient (Wildman–Crippen LogP) is 4.80. The molecule has 0 saturated heterocycles. The molecule has 2 aromatic carbocycles. The average Bonchev–Trinajstić information content (AvgIpc) is 3.61. The summed E-state index contributed by atoms with van der Waals surface area (Å²) in [7, 11) is 0. The standard InChI is InChI=1S/C25H24N6O2S2/c32-20(13-16-7-3-1-4-8-16)26-24-30-28-22(34-24)18-11-12-19(15-18)23-29-31-25(35-23)27-21(33)14-17-9-5-2-6-10-17/h1-10,18-19H,11-15H2,(H,26,30,32)(H,27,31,33). The largest absolute Gasteiger partial charge is 0.300 e. The molecule has 2 heterocycles. The van der Waals surface area contributed by atoms with Crippen molar-refractivity contribution >= 4 is 44.8 Å². The van der Waals surface area contributed by atoms with Crippen LogP contribution in [-0.2, 0) is 22.4 Å². The lowest BCUT2D eigenvalue weighted by Crippen LogP contribution is -2.14. The van der Waals surface area contributed by atoms with E-state index in [1.807, 2.05) is 60.7 Å². The molecule has 5 rings (SSSR count). The van der Waals surface area contributed by atoms with Crippen molar-refractivity contribution in [1.29, 1.82) is 0 Å². The number of carbonyl (C=O) groups excluding carboxylic acids is 2. The van der Waals surface area contributed by atoms with Crippen molar-refractivity contribution in [2.45, 2.75) is 43.9 Å². The van der Waals surface area contributed by atoms with E-state index in [2.05, 4.69) is 31.0 Å². The first-order valence-electron chi connectivity index (χ1n) is 11.5. The molecule has 0 radical (unpaired) electrons. The first-order valence-corrected chi connectivity index (χ1v) is 13.1. The molecule has 2 unspecified atom stereocenters. The third kappa shape index (κ3) is 6.14. The van der Waals surface area contributed by atoms with Gasteiger partial charge in [0.05, 0.1) is 12.8 Å². The lowest BCUT2D eigenvalue weighted by molar-refractivity contribution is -0.116. The highest BCUT2D eigenvalue weighted by atomic mass is 32.1. The lowest BCUT2D eigenvalue weighted by Gasteiger charge is -2.05. The van der Waals surface area contributed by atoms with E-state index in [1.54, 1.807) is 0 Å². The van der Waals surface area contributed by atoms with Gasteiger partial charge in [-0.25, -0.2) is 0 Å². The summed E-state index contributed by atoms with van der Waals surface area (Å²) in [4.78, 5) is 24.6. The highest BCUT2D eigenvalue weighted by molar-refractivity contribution is 7.15. The number of rotatable bonds is 8. The van der Waals surface area contributed by atoms with E-state index >= 15 is 0 Å². The minimum absolute atomic E-state index is 0.0982. The normalized spacial score (nSPS) is 17.3. The van der Waals surface area contributed by atoms with Crippen molar-refractivity contribution in [3.05, 3.63) is 81.8 Å². The van der Waals surface area contributed by atoms with Gasteiger partial charge in [0.15, 0.2) is 0 Å². The van der Waals surface area contributed by atoms with Crippen molar-refractivity contribution in [1.82, 2.24) is 20.4 Å². The fourth-order valence-corrected chi connectivity index (χ4v) is 6.03. The zero-order chi connectivity index (χ0) is 24.0. The molecule has 2 N–H and O–H groups in total. The number of carbonyl (C=O) groups is 2. The molecule has 1 aliphatic carbocycles. The van der Waals surface area contributed by atoms with Gasteiger partial charge in [0.25, 0.3) is 0 Å². The molecular weight excluding hydrogens is 480 g/mol. The molecule has 8 nitrogen and oxygen atoms in total. The van der Waals surface area contributed by atoms with Crippen LogP contribution in [0.25, 0.3) is 0 Å². The Kier molecular flexibility index (Phi) is 7.20. The summed E-state index contributed by atoms with van der Waals surface area (Å²) in [5, 5.41) is 25.7. The number of anilines is 2. The predicted molar refractivity (Wildman–Crippen MR) is 137 cm³/mol. The lowest BCUT2D eigenvalue weighted by atomic mass is 10.1. The number of nitrogens with one attached hydrogen (secondary N) is 2. The van der Waals surface area contributed by atoms with Crippen LogP contribution in [0.1, 0.15) is 52.2 Å². The third-order valence-corrected chi connectivity index (χ3v) is 7.92. The SMILES string of the molecule is O=C(Cc1ccccc1)Nc1nnc(C2CCC(c3nnc(NC(=O)Cc4ccccc4)s3)C2)s1. The summed E-state index contributed by atoms with van der Waals surface area (Å²) in [5.74, 6) is 0.354. The van der Waals surface area contributed by atoms with E-state index in [0.29, 0.717) is 23.1 Å². The zero-order valence-electron chi connectivity index (χ0n) is 18.9. The topological polar surface area (TPSA) is 110 Å². The first kappa shape index (κ1) is 23.3. The molecule has 35 heavy (non-hydrogen) atoms. The number of hydrogen-bond donors (Lipinski definition) is 2. The van der Waals surface area contributed by atoms with Gasteiger partial charge in [0, 0.05) is 11.8 Å². The van der Waals surface area contributed by atoms with Crippen molar-refractivity contribution in [3.63, 3.8) is 0 Å². The van der Waals surface area contributed by atoms with Crippen molar-refractivity contribution in [2.24, 2.45) is 0 Å². The second-order valence-corrected chi connectivity index (χ2v) is 10.5. The highest BCUT2D eigenvalue weighted by Crippen LogP contribution is 2.45. The maximum Gasteiger partial charge on any atom is 0.230 e. The number of benzene rings is 2. The molecule has 0 spiro atoms. The average molecular weight is 505 g/mol. The van der Waals surface area contributed by atoms with E-state index in [0.717, 1.165) is 40.4 Å². The van der Waals surface area contributed by atoms with Crippen LogP contribution in [-0.4, -0.2) is 32.2 Å². The third-order valence-electron chi connectivity index (χ3n) is 5.92. The van der Waals surface area contributed by atoms with Crippen LogP contribution in [0.15, 0.2) is 60.7 Å². The van der Waals surface area contributed by atoms with Gasteiger partial charge in [-0.05, 0) is 30.4 Å². The molecule has 2 atom stereocenters. The maximum absolute atomic E-state index is 12.3. The van der Waals surface area contributed by atoms with Crippen molar-refractivity contribution in [3.8, 4) is 0 Å². The van der Waals surface area contributed by atoms with Gasteiger partial charge in [-0.3, -0.25) is 9.59 Å². The summed E-state index contributed by atoms with van der Waals surface area (Å²) >= 11 is 2.87. The molecule has 1 fully saturated rings. The molecule has 4 aromatic rings. The maximum atomic E-state index is 12.3. The van der Waals surface area contributed by atoms with E-state index < -0.39 is 0 Å². The van der Waals surface area contributed by atoms with Crippen molar-refractivity contribution < 1.29 is 9.59 Å². The number of nitrogens with zero attached hydrogens (tertiary/aromatic N) is 4. The van der Waals surface area contributed by atoms with Gasteiger partial charge in [0.1, 0.15) is 10.0 Å². The zero-order valence-corrected chi connectivity index (χ0v) is 20.5. The molecule has 2 aromatic heterocycles. The second kappa shape index (κ2) is 10.8. The molecule has 1 saturated carbocycles. The molecule has 0 bridgehead atoms. The van der Waals surface area contributed by atoms with Gasteiger partial charge in [-0.2, -0.15) is 0 Å². The van der Waals surface area contributed by atoms with Gasteiger partial charge >= 0.3 is 0 Å². The number of amides is 2. The van der Waals surface area contributed by atoms with E-state index in [9.17, 15) is 9.59 Å². The fraction of sp³-hybridized carbons (Fsp3) is 0.280. The van der Waals surface area contributed by atoms with E-state index in [-0.39, 0.29) is 23.7 Å². The molecular formula is C25H24N6O2S2. The van der Waals surface area contributed by atoms with Crippen LogP contribution in [0.3, 0.4) is 0 Å². The quantitative estimate of drug-likeness (QED) is 0.357. The summed E-state index contributed by atoms with van der Waals surface area (Å²) in [5.41, 5.74) is 1.92. The number of hydrogen-bond acceptors (Lipinski definition) is 8. The minimum atomic E-state index is -0.0982. The van der Waals surface area contributed by atoms with Crippen LogP contribution in [0, 0.1) is 0 Å². The number of aromatic nitrogens is 4. The Morgan fingerprint density at radius 2 is 1.11 bits per heavy atom. The fourth-order valence-electron chi connectivity index (χ4n) is 4.22. The Labute approximate surface area is 210 Å². The Bertz CT molecular complexity index is 1190. The highest BCUT2D eigenvalue weighted by Gasteiger charge is 2.32. The van der Waals surface area contributed by atoms with Gasteiger partial charge < -0.3 is 10.6 Å². The minimum Gasteiger partial charge on any atom is -0.300 e. The van der Waals surface area contributed by atoms with Gasteiger partial charge in [-0.1, -0.05) is 83.3 Å². The van der Waals surface area contributed by atoms with Crippen LogP contribution in [0.2, 0.25) is 0 Å². The molecule has 0 aliphatic heterocycles. The summed E-state index contributed by atoms with van der Waals surface area (Å²) in [6.07, 6.45) is 3.48. The Hall–Kier alpha value is -3.50. The van der Waals surface area contributed by atoms with Crippen LogP contribution >= 0.6 is 22.7 Å². The summed E-state index contributed by atoms with van der Waals surface area (Å²) < 4.78 is 0. The van der Waals surface area contributed by atoms with E-state index in [1.165, 1.54) is 22.7 Å². The Balaban J connectivity index is 1.13. The Morgan fingerprint density at radius 3 is 1.54 bits per heavy atom. The van der Waals surface area contributed by atoms with E-state index in [4.69, 9.17) is 0 Å². The van der Waals surface area contributed by atoms with Crippen LogP contribution < -0.4 is 10.6 Å². The molecule has 10 heteroatoms. The smallest absolute Gasteiger partial charge is 0.230 e. The van der Waals surface area contributed by atoms with Crippen LogP contribution in [0.4, 0.5) is 10.3 Å². The molecule has 178 valence electrons. The van der Waals surface area contributed by atoms with Crippen LogP contribution in [0.5, 0.6) is 0 Å². The summed E-state index contributed by atoms with van der Waals surface area (Å²) in [6, 6.07) is 19.2. The molecule has 1 aliphatic rings. The Morgan fingerprint density at radius 1 is 0.686 bits per heavy atom. The van der Waals surface area contributed by atoms with Gasteiger partial charge in [0.2, 0.25) is 22.1 Å². The molecule has 2 amide bonds. The first-order chi connectivity index (χ1) is 17.1. The summed E-state index contributed by atoms with van der Waals surface area (Å²) in [6.45, 7) is 0. The van der Waals surface area contributed by atoms with Crippen molar-refractivity contribution in [2.75, 3.05) is 10.6 Å².